The molecule has 2 nitrogen and oxygen atoms in total. The molecule has 0 atom stereocenters. The van der Waals surface area contributed by atoms with Gasteiger partial charge in [-0.3, -0.25) is 0 Å². The van der Waals surface area contributed by atoms with Crippen molar-refractivity contribution in [2.75, 3.05) is 6.54 Å². The topological polar surface area (TPSA) is 17.0 Å². The van der Waals surface area contributed by atoms with Gasteiger partial charge in [0.15, 0.2) is 0 Å². The first-order valence-electron chi connectivity index (χ1n) is 7.12. The Balaban J connectivity index is 1.54. The first-order chi connectivity index (χ1) is 8.83. The molecular weight excluding hydrogens is 220 g/mol. The van der Waals surface area contributed by atoms with Gasteiger partial charge < -0.3 is 9.88 Å². The van der Waals surface area contributed by atoms with Crippen LogP contribution < -0.4 is 5.32 Å². The monoisotopic (exact) mass is 242 g/mol. The summed E-state index contributed by atoms with van der Waals surface area (Å²) in [6.07, 6.45) is 7.54. The van der Waals surface area contributed by atoms with Gasteiger partial charge in [0.1, 0.15) is 0 Å². The second kappa shape index (κ2) is 5.15. The van der Waals surface area contributed by atoms with Crippen LogP contribution in [0.4, 0.5) is 0 Å². The molecule has 1 aromatic carbocycles. The molecule has 1 N–H and O–H groups in total. The van der Waals surface area contributed by atoms with Crippen LogP contribution in [0, 0.1) is 6.92 Å². The van der Waals surface area contributed by atoms with Crippen LogP contribution in [0.5, 0.6) is 0 Å². The van der Waals surface area contributed by atoms with E-state index < -0.39 is 0 Å². The average molecular weight is 242 g/mol. The molecule has 18 heavy (non-hydrogen) atoms. The van der Waals surface area contributed by atoms with Crippen LogP contribution in [0.3, 0.4) is 0 Å². The number of aryl methyl sites for hydroxylation is 2. The maximum absolute atomic E-state index is 3.57. The zero-order valence-electron chi connectivity index (χ0n) is 11.2. The normalized spacial score (nSPS) is 15.4. The van der Waals surface area contributed by atoms with Crippen molar-refractivity contribution in [1.29, 1.82) is 0 Å². The van der Waals surface area contributed by atoms with E-state index in [9.17, 15) is 0 Å². The zero-order valence-corrected chi connectivity index (χ0v) is 11.2. The van der Waals surface area contributed by atoms with Gasteiger partial charge in [-0.15, -0.1) is 0 Å². The van der Waals surface area contributed by atoms with Gasteiger partial charge >= 0.3 is 0 Å². The number of nitrogens with one attached hydrogen (secondary N) is 1. The van der Waals surface area contributed by atoms with Crippen LogP contribution in [0.15, 0.2) is 30.5 Å². The van der Waals surface area contributed by atoms with Gasteiger partial charge in [0, 0.05) is 24.3 Å². The Kier molecular flexibility index (Phi) is 3.37. The van der Waals surface area contributed by atoms with Gasteiger partial charge in [-0.2, -0.15) is 0 Å². The third-order valence-electron chi connectivity index (χ3n) is 3.77. The van der Waals surface area contributed by atoms with E-state index in [4.69, 9.17) is 0 Å². The molecular formula is C16H22N2. The van der Waals surface area contributed by atoms with E-state index >= 15 is 0 Å². The van der Waals surface area contributed by atoms with Gasteiger partial charge in [0.05, 0.1) is 0 Å². The molecule has 0 aliphatic heterocycles. The molecule has 96 valence electrons. The summed E-state index contributed by atoms with van der Waals surface area (Å²) >= 11 is 0. The van der Waals surface area contributed by atoms with Gasteiger partial charge in [0.25, 0.3) is 0 Å². The highest BCUT2D eigenvalue weighted by Crippen LogP contribution is 2.19. The van der Waals surface area contributed by atoms with Crippen LogP contribution >= 0.6 is 0 Å². The molecule has 0 unspecified atom stereocenters. The van der Waals surface area contributed by atoms with Gasteiger partial charge in [-0.05, 0) is 62.2 Å². The molecule has 0 spiro atoms. The third kappa shape index (κ3) is 2.75. The number of rotatable bonds is 6. The molecule has 0 bridgehead atoms. The molecule has 0 radical (unpaired) electrons. The Bertz CT molecular complexity index is 523. The first kappa shape index (κ1) is 11.8. The minimum atomic E-state index is 0.847. The summed E-state index contributed by atoms with van der Waals surface area (Å²) in [4.78, 5) is 0. The third-order valence-corrected chi connectivity index (χ3v) is 3.77. The zero-order chi connectivity index (χ0) is 12.4. The highest BCUT2D eigenvalue weighted by molar-refractivity contribution is 5.80. The van der Waals surface area contributed by atoms with E-state index in [-0.39, 0.29) is 0 Å². The van der Waals surface area contributed by atoms with E-state index in [1.165, 1.54) is 48.7 Å². The van der Waals surface area contributed by atoms with E-state index in [0.717, 1.165) is 12.6 Å². The van der Waals surface area contributed by atoms with Crippen molar-refractivity contribution in [3.63, 3.8) is 0 Å². The summed E-state index contributed by atoms with van der Waals surface area (Å²) in [5.74, 6) is 0. The molecule has 1 aromatic heterocycles. The molecule has 1 aliphatic rings. The van der Waals surface area contributed by atoms with Crippen molar-refractivity contribution in [2.45, 2.75) is 45.2 Å². The second-order valence-electron chi connectivity index (χ2n) is 5.51. The van der Waals surface area contributed by atoms with Gasteiger partial charge in [-0.1, -0.05) is 12.1 Å². The Hall–Kier alpha value is -1.28. The highest BCUT2D eigenvalue weighted by Gasteiger charge is 2.19. The molecule has 1 heterocycles. The van der Waals surface area contributed by atoms with Crippen molar-refractivity contribution < 1.29 is 0 Å². The summed E-state index contributed by atoms with van der Waals surface area (Å²) in [5.41, 5.74) is 2.73. The Morgan fingerprint density at radius 3 is 2.94 bits per heavy atom. The lowest BCUT2D eigenvalue weighted by Crippen LogP contribution is -2.17. The standard InChI is InChI=1S/C16H22N2/c1-13-4-5-14-8-11-18(16(14)12-13)10-3-2-9-17-15-6-7-15/h4-5,8,11-12,15,17H,2-3,6-7,9-10H2,1H3. The smallest absolute Gasteiger partial charge is 0.0482 e. The number of hydrogen-bond acceptors (Lipinski definition) is 1. The lowest BCUT2D eigenvalue weighted by atomic mass is 10.2. The van der Waals surface area contributed by atoms with Crippen LogP contribution in [0.25, 0.3) is 10.9 Å². The lowest BCUT2D eigenvalue weighted by Gasteiger charge is -2.06. The number of fused-ring (bicyclic) bond motifs is 1. The Morgan fingerprint density at radius 2 is 2.11 bits per heavy atom. The summed E-state index contributed by atoms with van der Waals surface area (Å²) < 4.78 is 2.39. The van der Waals surface area contributed by atoms with Crippen LogP contribution in [0.1, 0.15) is 31.2 Å². The molecule has 2 aromatic rings. The predicted octanol–water partition coefficient (Wildman–Crippen LogP) is 3.48. The fourth-order valence-corrected chi connectivity index (χ4v) is 2.49. The first-order valence-corrected chi connectivity index (χ1v) is 7.12. The van der Waals surface area contributed by atoms with Crippen molar-refractivity contribution in [2.24, 2.45) is 0 Å². The minimum Gasteiger partial charge on any atom is -0.347 e. The highest BCUT2D eigenvalue weighted by atomic mass is 15.0. The van der Waals surface area contributed by atoms with Gasteiger partial charge in [-0.25, -0.2) is 0 Å². The Labute approximate surface area is 109 Å². The maximum Gasteiger partial charge on any atom is 0.0482 e. The number of benzene rings is 1. The molecule has 2 heteroatoms. The fourth-order valence-electron chi connectivity index (χ4n) is 2.49. The summed E-state index contributed by atoms with van der Waals surface area (Å²) in [6.45, 7) is 4.48. The lowest BCUT2D eigenvalue weighted by molar-refractivity contribution is 0.575. The molecule has 3 rings (SSSR count). The van der Waals surface area contributed by atoms with Crippen molar-refractivity contribution >= 4 is 10.9 Å². The predicted molar refractivity (Wildman–Crippen MR) is 76.9 cm³/mol. The van der Waals surface area contributed by atoms with Crippen molar-refractivity contribution in [1.82, 2.24) is 9.88 Å². The van der Waals surface area contributed by atoms with Crippen molar-refractivity contribution in [3.05, 3.63) is 36.0 Å². The molecule has 1 aliphatic carbocycles. The fraction of sp³-hybridized carbons (Fsp3) is 0.500. The summed E-state index contributed by atoms with van der Waals surface area (Å²) in [7, 11) is 0. The second-order valence-corrected chi connectivity index (χ2v) is 5.51. The largest absolute Gasteiger partial charge is 0.347 e. The molecule has 0 saturated heterocycles. The summed E-state index contributed by atoms with van der Waals surface area (Å²) in [5, 5.41) is 4.93. The minimum absolute atomic E-state index is 0.847. The van der Waals surface area contributed by atoms with E-state index in [1.54, 1.807) is 0 Å². The summed E-state index contributed by atoms with van der Waals surface area (Å²) in [6, 6.07) is 9.76. The SMILES string of the molecule is Cc1ccc2ccn(CCCCNC3CC3)c2c1. The van der Waals surface area contributed by atoms with Gasteiger partial charge in [0.2, 0.25) is 0 Å². The molecule has 1 fully saturated rings. The maximum atomic E-state index is 3.57. The quantitative estimate of drug-likeness (QED) is 0.767. The molecule has 0 amide bonds. The number of hydrogen-bond donors (Lipinski definition) is 1. The van der Waals surface area contributed by atoms with E-state index in [2.05, 4.69) is 47.3 Å². The van der Waals surface area contributed by atoms with Crippen LogP contribution in [0.2, 0.25) is 0 Å². The van der Waals surface area contributed by atoms with Crippen LogP contribution in [-0.4, -0.2) is 17.2 Å². The number of unbranched alkanes of at least 4 members (excludes halogenated alkanes) is 1. The number of nitrogens with zero attached hydrogens (tertiary/aromatic N) is 1. The van der Waals surface area contributed by atoms with Crippen LogP contribution in [-0.2, 0) is 6.54 Å². The molecule has 1 saturated carbocycles. The number of aromatic nitrogens is 1. The van der Waals surface area contributed by atoms with Crippen molar-refractivity contribution in [3.8, 4) is 0 Å². The van der Waals surface area contributed by atoms with E-state index in [1.807, 2.05) is 0 Å². The average Bonchev–Trinajstić information content (AvgIpc) is 3.11. The Morgan fingerprint density at radius 1 is 1.22 bits per heavy atom. The van der Waals surface area contributed by atoms with E-state index in [0.29, 0.717) is 0 Å².